The molecule has 0 saturated carbocycles. The fraction of sp³-hybridized carbons (Fsp3) is 0.303. The quantitative estimate of drug-likeness (QED) is 0.207. The number of ketones is 1. The van der Waals surface area contributed by atoms with Crippen molar-refractivity contribution < 1.29 is 24.2 Å². The van der Waals surface area contributed by atoms with Crippen LogP contribution in [0, 0.1) is 6.92 Å². The van der Waals surface area contributed by atoms with Crippen molar-refractivity contribution in [3.8, 4) is 5.75 Å². The predicted octanol–water partition coefficient (Wildman–Crippen LogP) is 6.66. The number of hydrogen-bond acceptors (Lipinski definition) is 5. The van der Waals surface area contributed by atoms with Crippen LogP contribution in [0.4, 0.5) is 11.4 Å². The number of nitrogens with one attached hydrogen (secondary N) is 1. The number of amides is 2. The van der Waals surface area contributed by atoms with Gasteiger partial charge in [0.1, 0.15) is 11.5 Å². The fourth-order valence-electron chi connectivity index (χ4n) is 4.85. The van der Waals surface area contributed by atoms with Crippen LogP contribution in [0.3, 0.4) is 0 Å². The van der Waals surface area contributed by atoms with E-state index < -0.39 is 17.7 Å². The van der Waals surface area contributed by atoms with Gasteiger partial charge >= 0.3 is 0 Å². The van der Waals surface area contributed by atoms with Gasteiger partial charge < -0.3 is 15.2 Å². The SMILES string of the molecule is CC(=O)Nc1cccc(N2C(=O)C(=O)/C(=C(/O)c3ccc(OC(C)C)c(C)c3)C2c2ccc(C(C)(C)C)cc2)c1. The zero-order valence-electron chi connectivity index (χ0n) is 24.0. The highest BCUT2D eigenvalue weighted by atomic mass is 16.5. The minimum Gasteiger partial charge on any atom is -0.507 e. The Bertz CT molecular complexity index is 1500. The first-order valence-electron chi connectivity index (χ1n) is 13.3. The number of Topliss-reactive ketones (excluding diaryl/α,β-unsaturated/α-hetero) is 1. The third-order valence-electron chi connectivity index (χ3n) is 6.79. The summed E-state index contributed by atoms with van der Waals surface area (Å²) >= 11 is 0. The average Bonchev–Trinajstić information content (AvgIpc) is 3.14. The van der Waals surface area contributed by atoms with E-state index in [0.29, 0.717) is 28.3 Å². The third kappa shape index (κ3) is 5.78. The number of benzene rings is 3. The van der Waals surface area contributed by atoms with Crippen molar-refractivity contribution >= 4 is 34.7 Å². The lowest BCUT2D eigenvalue weighted by Gasteiger charge is -2.27. The predicted molar refractivity (Wildman–Crippen MR) is 158 cm³/mol. The molecule has 0 radical (unpaired) electrons. The molecular formula is C33H36N2O5. The van der Waals surface area contributed by atoms with Gasteiger partial charge in [-0.15, -0.1) is 0 Å². The van der Waals surface area contributed by atoms with E-state index in [1.807, 2.05) is 45.0 Å². The molecule has 7 nitrogen and oxygen atoms in total. The first-order valence-corrected chi connectivity index (χ1v) is 13.3. The largest absolute Gasteiger partial charge is 0.507 e. The molecule has 1 aliphatic heterocycles. The molecule has 4 rings (SSSR count). The number of hydrogen-bond donors (Lipinski definition) is 2. The zero-order valence-corrected chi connectivity index (χ0v) is 24.0. The second kappa shape index (κ2) is 11.0. The maximum Gasteiger partial charge on any atom is 0.300 e. The molecule has 2 N–H and O–H groups in total. The number of ether oxygens (including phenoxy) is 1. The summed E-state index contributed by atoms with van der Waals surface area (Å²) in [5, 5.41) is 14.3. The topological polar surface area (TPSA) is 95.9 Å². The Morgan fingerprint density at radius 2 is 1.68 bits per heavy atom. The molecule has 3 aromatic carbocycles. The Morgan fingerprint density at radius 1 is 1.00 bits per heavy atom. The highest BCUT2D eigenvalue weighted by Crippen LogP contribution is 2.43. The number of aryl methyl sites for hydroxylation is 1. The van der Waals surface area contributed by atoms with Gasteiger partial charge in [-0.05, 0) is 79.3 Å². The summed E-state index contributed by atoms with van der Waals surface area (Å²) in [6.45, 7) is 13.4. The molecule has 2 amide bonds. The van der Waals surface area contributed by atoms with E-state index in [9.17, 15) is 19.5 Å². The Labute approximate surface area is 235 Å². The molecule has 1 aliphatic rings. The Balaban J connectivity index is 1.90. The van der Waals surface area contributed by atoms with Gasteiger partial charge in [-0.1, -0.05) is 51.1 Å². The van der Waals surface area contributed by atoms with E-state index in [2.05, 4.69) is 26.1 Å². The molecular weight excluding hydrogens is 504 g/mol. The number of aliphatic hydroxyl groups excluding tert-OH is 1. The van der Waals surface area contributed by atoms with Crippen molar-refractivity contribution in [2.24, 2.45) is 0 Å². The molecule has 1 heterocycles. The molecule has 3 aromatic rings. The van der Waals surface area contributed by atoms with Gasteiger partial charge in [-0.3, -0.25) is 19.3 Å². The number of rotatable bonds is 6. The smallest absolute Gasteiger partial charge is 0.300 e. The molecule has 1 atom stereocenters. The van der Waals surface area contributed by atoms with Crippen LogP contribution in [0.1, 0.15) is 69.8 Å². The summed E-state index contributed by atoms with van der Waals surface area (Å²) in [6.07, 6.45) is -0.0206. The second-order valence-electron chi connectivity index (χ2n) is 11.4. The molecule has 0 aliphatic carbocycles. The van der Waals surface area contributed by atoms with E-state index in [0.717, 1.165) is 11.1 Å². The van der Waals surface area contributed by atoms with E-state index in [1.165, 1.54) is 11.8 Å². The van der Waals surface area contributed by atoms with Crippen LogP contribution >= 0.6 is 0 Å². The first kappa shape index (κ1) is 28.6. The summed E-state index contributed by atoms with van der Waals surface area (Å²) < 4.78 is 5.83. The molecule has 208 valence electrons. The molecule has 1 fully saturated rings. The van der Waals surface area contributed by atoms with Gasteiger partial charge in [0.2, 0.25) is 5.91 Å². The third-order valence-corrected chi connectivity index (χ3v) is 6.79. The van der Waals surface area contributed by atoms with Crippen LogP contribution in [0.5, 0.6) is 5.75 Å². The van der Waals surface area contributed by atoms with Crippen molar-refractivity contribution in [1.29, 1.82) is 0 Å². The van der Waals surface area contributed by atoms with Crippen molar-refractivity contribution in [2.75, 3.05) is 10.2 Å². The van der Waals surface area contributed by atoms with Crippen LogP contribution in [0.25, 0.3) is 5.76 Å². The monoisotopic (exact) mass is 540 g/mol. The van der Waals surface area contributed by atoms with Crippen LogP contribution < -0.4 is 15.0 Å². The van der Waals surface area contributed by atoms with Gasteiger partial charge in [0.05, 0.1) is 17.7 Å². The number of carbonyl (C=O) groups is 3. The maximum atomic E-state index is 13.6. The summed E-state index contributed by atoms with van der Waals surface area (Å²) in [6, 6.07) is 18.8. The van der Waals surface area contributed by atoms with E-state index in [1.54, 1.807) is 42.5 Å². The van der Waals surface area contributed by atoms with Crippen LogP contribution in [0.2, 0.25) is 0 Å². The summed E-state index contributed by atoms with van der Waals surface area (Å²) in [5.41, 5.74) is 3.79. The summed E-state index contributed by atoms with van der Waals surface area (Å²) in [4.78, 5) is 40.2. The molecule has 1 saturated heterocycles. The minimum atomic E-state index is -0.881. The van der Waals surface area contributed by atoms with Crippen LogP contribution in [-0.2, 0) is 19.8 Å². The number of aliphatic hydroxyl groups is 1. The van der Waals surface area contributed by atoms with Crippen LogP contribution in [0.15, 0.2) is 72.3 Å². The van der Waals surface area contributed by atoms with Crippen molar-refractivity contribution in [3.63, 3.8) is 0 Å². The first-order chi connectivity index (χ1) is 18.8. The molecule has 40 heavy (non-hydrogen) atoms. The Morgan fingerprint density at radius 3 is 2.25 bits per heavy atom. The van der Waals surface area contributed by atoms with Gasteiger partial charge in [-0.2, -0.15) is 0 Å². The zero-order chi connectivity index (χ0) is 29.4. The minimum absolute atomic E-state index is 0.00429. The highest BCUT2D eigenvalue weighted by molar-refractivity contribution is 6.51. The molecule has 0 bridgehead atoms. The Kier molecular flexibility index (Phi) is 7.87. The van der Waals surface area contributed by atoms with E-state index in [-0.39, 0.29) is 28.8 Å². The normalized spacial score (nSPS) is 16.9. The average molecular weight is 541 g/mol. The van der Waals surface area contributed by atoms with E-state index in [4.69, 9.17) is 4.74 Å². The van der Waals surface area contributed by atoms with E-state index >= 15 is 0 Å². The lowest BCUT2D eigenvalue weighted by molar-refractivity contribution is -0.132. The molecule has 0 spiro atoms. The lowest BCUT2D eigenvalue weighted by atomic mass is 9.85. The summed E-state index contributed by atoms with van der Waals surface area (Å²) in [5.74, 6) is -1.39. The van der Waals surface area contributed by atoms with Crippen LogP contribution in [-0.4, -0.2) is 28.8 Å². The van der Waals surface area contributed by atoms with Crippen molar-refractivity contribution in [3.05, 3.63) is 94.6 Å². The Hall–Kier alpha value is -4.39. The standard InChI is InChI=1S/C33H36N2O5/c1-19(2)40-27-16-13-23(17-20(27)3)30(37)28-29(22-11-14-24(15-12-22)33(5,6)7)35(32(39)31(28)38)26-10-8-9-25(18-26)34-21(4)36/h8-19,29,37H,1-7H3,(H,34,36)/b30-28+. The van der Waals surface area contributed by atoms with Crippen molar-refractivity contribution in [1.82, 2.24) is 0 Å². The number of anilines is 2. The molecule has 7 heteroatoms. The molecule has 0 aromatic heterocycles. The number of nitrogens with zero attached hydrogens (tertiary/aromatic N) is 1. The highest BCUT2D eigenvalue weighted by Gasteiger charge is 2.47. The van der Waals surface area contributed by atoms with Gasteiger partial charge in [0.15, 0.2) is 0 Å². The lowest BCUT2D eigenvalue weighted by Crippen LogP contribution is -2.29. The second-order valence-corrected chi connectivity index (χ2v) is 11.4. The van der Waals surface area contributed by atoms with Gasteiger partial charge in [0, 0.05) is 23.9 Å². The van der Waals surface area contributed by atoms with Gasteiger partial charge in [-0.25, -0.2) is 0 Å². The van der Waals surface area contributed by atoms with Gasteiger partial charge in [0.25, 0.3) is 11.7 Å². The molecule has 1 unspecified atom stereocenters. The van der Waals surface area contributed by atoms with Crippen molar-refractivity contribution in [2.45, 2.75) is 66.0 Å². The maximum absolute atomic E-state index is 13.6. The fourth-order valence-corrected chi connectivity index (χ4v) is 4.85. The number of carbonyl (C=O) groups excluding carboxylic acids is 3. The summed E-state index contributed by atoms with van der Waals surface area (Å²) in [7, 11) is 0.